The Labute approximate surface area is 124 Å². The van der Waals surface area contributed by atoms with Gasteiger partial charge in [-0.2, -0.15) is 0 Å². The Bertz CT molecular complexity index is 746. The Hall–Kier alpha value is -2.55. The van der Waals surface area contributed by atoms with E-state index in [-0.39, 0.29) is 5.78 Å². The second-order valence-corrected chi connectivity index (χ2v) is 5.02. The van der Waals surface area contributed by atoms with Gasteiger partial charge in [0.1, 0.15) is 0 Å². The Morgan fingerprint density at radius 2 is 1.76 bits per heavy atom. The molecule has 0 spiro atoms. The largest absolute Gasteiger partial charge is 0.364 e. The molecular formula is C18H18N2O. The quantitative estimate of drug-likeness (QED) is 0.719. The lowest BCUT2D eigenvalue weighted by Crippen LogP contribution is -2.29. The van der Waals surface area contributed by atoms with Crippen LogP contribution < -0.4 is 4.90 Å². The number of aromatic nitrogens is 1. The number of hydrogen-bond acceptors (Lipinski definition) is 2. The van der Waals surface area contributed by atoms with E-state index in [1.807, 2.05) is 60.8 Å². The van der Waals surface area contributed by atoms with Gasteiger partial charge in [-0.1, -0.05) is 36.4 Å². The monoisotopic (exact) mass is 278 g/mol. The van der Waals surface area contributed by atoms with E-state index in [1.165, 1.54) is 0 Å². The lowest BCUT2D eigenvalue weighted by atomic mass is 10.1. The maximum atomic E-state index is 12.6. The molecule has 3 rings (SSSR count). The van der Waals surface area contributed by atoms with Gasteiger partial charge in [0.2, 0.25) is 0 Å². The number of rotatable bonds is 5. The molecule has 0 unspecified atom stereocenters. The van der Waals surface area contributed by atoms with Crippen molar-refractivity contribution in [2.45, 2.75) is 6.92 Å². The van der Waals surface area contributed by atoms with Crippen molar-refractivity contribution in [3.8, 4) is 0 Å². The Balaban J connectivity index is 1.85. The van der Waals surface area contributed by atoms with E-state index in [0.29, 0.717) is 6.54 Å². The molecule has 0 atom stereocenters. The number of para-hydroxylation sites is 2. The van der Waals surface area contributed by atoms with Gasteiger partial charge in [-0.25, -0.2) is 0 Å². The highest BCUT2D eigenvalue weighted by atomic mass is 16.1. The van der Waals surface area contributed by atoms with Gasteiger partial charge < -0.3 is 9.88 Å². The van der Waals surface area contributed by atoms with Crippen molar-refractivity contribution >= 4 is 22.4 Å². The van der Waals surface area contributed by atoms with Crippen molar-refractivity contribution in [2.75, 3.05) is 18.0 Å². The van der Waals surface area contributed by atoms with Crippen LogP contribution in [0.15, 0.2) is 60.8 Å². The molecule has 0 aliphatic rings. The van der Waals surface area contributed by atoms with Crippen LogP contribution in [0.2, 0.25) is 0 Å². The van der Waals surface area contributed by atoms with Crippen LogP contribution in [-0.2, 0) is 0 Å². The first-order chi connectivity index (χ1) is 10.3. The second-order valence-electron chi connectivity index (χ2n) is 5.02. The zero-order valence-corrected chi connectivity index (χ0v) is 12.0. The van der Waals surface area contributed by atoms with E-state index < -0.39 is 0 Å². The van der Waals surface area contributed by atoms with Crippen molar-refractivity contribution in [1.82, 2.24) is 4.98 Å². The summed E-state index contributed by atoms with van der Waals surface area (Å²) in [7, 11) is 0. The van der Waals surface area contributed by atoms with Crippen LogP contribution in [-0.4, -0.2) is 23.9 Å². The van der Waals surface area contributed by atoms with Crippen LogP contribution in [0.25, 0.3) is 10.9 Å². The molecule has 0 saturated carbocycles. The van der Waals surface area contributed by atoms with Crippen LogP contribution in [0, 0.1) is 0 Å². The fourth-order valence-corrected chi connectivity index (χ4v) is 2.59. The van der Waals surface area contributed by atoms with E-state index >= 15 is 0 Å². The van der Waals surface area contributed by atoms with Gasteiger partial charge in [-0.05, 0) is 25.1 Å². The minimum Gasteiger partial charge on any atom is -0.364 e. The number of hydrogen-bond donors (Lipinski definition) is 1. The summed E-state index contributed by atoms with van der Waals surface area (Å²) in [4.78, 5) is 17.8. The van der Waals surface area contributed by atoms with Crippen molar-refractivity contribution in [1.29, 1.82) is 0 Å². The van der Waals surface area contributed by atoms with Gasteiger partial charge in [0.15, 0.2) is 5.78 Å². The summed E-state index contributed by atoms with van der Waals surface area (Å²) in [5.74, 6) is 0.137. The van der Waals surface area contributed by atoms with E-state index in [2.05, 4.69) is 16.8 Å². The number of nitrogens with zero attached hydrogens (tertiary/aromatic N) is 1. The first-order valence-corrected chi connectivity index (χ1v) is 7.19. The Kier molecular flexibility index (Phi) is 3.73. The lowest BCUT2D eigenvalue weighted by Gasteiger charge is -2.22. The summed E-state index contributed by atoms with van der Waals surface area (Å²) in [6.45, 7) is 3.26. The molecule has 3 nitrogen and oxygen atoms in total. The molecule has 0 amide bonds. The third-order valence-corrected chi connectivity index (χ3v) is 3.73. The first-order valence-electron chi connectivity index (χ1n) is 7.19. The Morgan fingerprint density at radius 3 is 2.52 bits per heavy atom. The summed E-state index contributed by atoms with van der Waals surface area (Å²) >= 11 is 0. The predicted molar refractivity (Wildman–Crippen MR) is 87.0 cm³/mol. The maximum Gasteiger partial charge on any atom is 0.184 e. The number of carbonyl (C=O) groups excluding carboxylic acids is 1. The van der Waals surface area contributed by atoms with E-state index in [0.717, 1.165) is 28.7 Å². The summed E-state index contributed by atoms with van der Waals surface area (Å²) in [6, 6.07) is 17.9. The average molecular weight is 278 g/mol. The molecule has 1 heterocycles. The molecular weight excluding hydrogens is 260 g/mol. The molecule has 0 radical (unpaired) electrons. The predicted octanol–water partition coefficient (Wildman–Crippen LogP) is 3.88. The molecule has 21 heavy (non-hydrogen) atoms. The number of nitrogens with one attached hydrogen (secondary N) is 1. The number of fused-ring (bicyclic) bond motifs is 1. The number of benzene rings is 2. The molecule has 1 N–H and O–H groups in total. The minimum atomic E-state index is 0.137. The second kappa shape index (κ2) is 5.83. The van der Waals surface area contributed by atoms with Gasteiger partial charge >= 0.3 is 0 Å². The fourth-order valence-electron chi connectivity index (χ4n) is 2.59. The number of carbonyl (C=O) groups is 1. The Morgan fingerprint density at radius 1 is 1.05 bits per heavy atom. The number of ketones is 1. The summed E-state index contributed by atoms with van der Waals surface area (Å²) < 4.78 is 0. The normalized spacial score (nSPS) is 10.7. The molecule has 1 aromatic heterocycles. The number of H-pyrrole nitrogens is 1. The van der Waals surface area contributed by atoms with Crippen molar-refractivity contribution in [2.24, 2.45) is 0 Å². The van der Waals surface area contributed by atoms with Gasteiger partial charge in [-0.3, -0.25) is 4.79 Å². The minimum absolute atomic E-state index is 0.137. The van der Waals surface area contributed by atoms with Crippen LogP contribution >= 0.6 is 0 Å². The van der Waals surface area contributed by atoms with Crippen molar-refractivity contribution in [3.05, 3.63) is 66.4 Å². The maximum absolute atomic E-state index is 12.6. The third-order valence-electron chi connectivity index (χ3n) is 3.73. The summed E-state index contributed by atoms with van der Waals surface area (Å²) in [6.07, 6.45) is 1.81. The topological polar surface area (TPSA) is 36.1 Å². The van der Waals surface area contributed by atoms with Crippen molar-refractivity contribution in [3.63, 3.8) is 0 Å². The summed E-state index contributed by atoms with van der Waals surface area (Å²) in [5, 5.41) is 0.992. The lowest BCUT2D eigenvalue weighted by molar-refractivity contribution is 0.100. The highest BCUT2D eigenvalue weighted by molar-refractivity contribution is 6.09. The van der Waals surface area contributed by atoms with Crippen LogP contribution in [0.5, 0.6) is 0 Å². The molecule has 0 fully saturated rings. The molecule has 0 saturated heterocycles. The number of likely N-dealkylation sites (N-methyl/N-ethyl adjacent to an activating group) is 1. The molecule has 2 aromatic carbocycles. The number of anilines is 1. The van der Waals surface area contributed by atoms with Gasteiger partial charge in [0.25, 0.3) is 0 Å². The van der Waals surface area contributed by atoms with E-state index in [9.17, 15) is 4.79 Å². The molecule has 3 aromatic rings. The third kappa shape index (κ3) is 2.68. The van der Waals surface area contributed by atoms with Crippen LogP contribution in [0.3, 0.4) is 0 Å². The molecule has 3 heteroatoms. The molecule has 0 aliphatic carbocycles. The fraction of sp³-hybridized carbons (Fsp3) is 0.167. The SMILES string of the molecule is CCN(CC(=O)c1c[nH]c2ccccc12)c1ccccc1. The average Bonchev–Trinajstić information content (AvgIpc) is 2.97. The van der Waals surface area contributed by atoms with E-state index in [4.69, 9.17) is 0 Å². The highest BCUT2D eigenvalue weighted by Gasteiger charge is 2.15. The van der Waals surface area contributed by atoms with Gasteiger partial charge in [0, 0.05) is 34.9 Å². The van der Waals surface area contributed by atoms with Crippen LogP contribution in [0.4, 0.5) is 5.69 Å². The highest BCUT2D eigenvalue weighted by Crippen LogP contribution is 2.20. The molecule has 0 aliphatic heterocycles. The molecule has 0 bridgehead atoms. The zero-order chi connectivity index (χ0) is 14.7. The number of Topliss-reactive ketones (excluding diaryl/α,β-unsaturated/α-hetero) is 1. The van der Waals surface area contributed by atoms with Crippen LogP contribution in [0.1, 0.15) is 17.3 Å². The van der Waals surface area contributed by atoms with Gasteiger partial charge in [0.05, 0.1) is 6.54 Å². The molecule has 106 valence electrons. The standard InChI is InChI=1S/C18H18N2O/c1-2-20(14-8-4-3-5-9-14)13-18(21)16-12-19-17-11-7-6-10-15(16)17/h3-12,19H,2,13H2,1H3. The van der Waals surface area contributed by atoms with E-state index in [1.54, 1.807) is 0 Å². The van der Waals surface area contributed by atoms with Gasteiger partial charge in [-0.15, -0.1) is 0 Å². The van der Waals surface area contributed by atoms with Crippen molar-refractivity contribution < 1.29 is 4.79 Å². The number of aromatic amines is 1. The first kappa shape index (κ1) is 13.4. The summed E-state index contributed by atoms with van der Waals surface area (Å²) in [5.41, 5.74) is 2.84. The smallest absolute Gasteiger partial charge is 0.184 e. The zero-order valence-electron chi connectivity index (χ0n) is 12.0.